The first-order valence-electron chi connectivity index (χ1n) is 5.36. The number of rotatable bonds is 7. The van der Waals surface area contributed by atoms with E-state index in [4.69, 9.17) is 11.5 Å². The van der Waals surface area contributed by atoms with E-state index in [1.54, 1.807) is 0 Å². The zero-order valence-electron chi connectivity index (χ0n) is 9.85. The van der Waals surface area contributed by atoms with Crippen molar-refractivity contribution in [2.24, 2.45) is 11.5 Å². The number of ether oxygens (including phenoxy) is 2. The minimum atomic E-state index is -0.798. The minimum absolute atomic E-state index is 0.0101. The Bertz CT molecular complexity index is 296. The van der Waals surface area contributed by atoms with Gasteiger partial charge in [-0.3, -0.25) is 19.2 Å². The SMILES string of the molecule is NCC(=O)OC(=O)CCCCC(=O)OC(=O)CN. The van der Waals surface area contributed by atoms with Gasteiger partial charge in [0, 0.05) is 12.8 Å². The molecule has 0 heterocycles. The summed E-state index contributed by atoms with van der Waals surface area (Å²) in [5.41, 5.74) is 9.89. The van der Waals surface area contributed by atoms with E-state index in [0.29, 0.717) is 12.8 Å². The predicted octanol–water partition coefficient (Wildman–Crippen LogP) is -1.40. The number of nitrogens with two attached hydrogens (primary N) is 2. The van der Waals surface area contributed by atoms with Crippen LogP contribution in [-0.2, 0) is 28.7 Å². The number of hydrogen-bond donors (Lipinski definition) is 2. The maximum atomic E-state index is 11.0. The molecule has 0 amide bonds. The summed E-state index contributed by atoms with van der Waals surface area (Å²) in [5, 5.41) is 0. The van der Waals surface area contributed by atoms with E-state index in [2.05, 4.69) is 9.47 Å². The van der Waals surface area contributed by atoms with Crippen LogP contribution in [0.3, 0.4) is 0 Å². The molecule has 0 aromatic carbocycles. The van der Waals surface area contributed by atoms with E-state index >= 15 is 0 Å². The summed E-state index contributed by atoms with van der Waals surface area (Å²) < 4.78 is 8.60. The number of unbranched alkanes of at least 4 members (excludes halogenated alkanes) is 1. The molecule has 0 aliphatic heterocycles. The lowest BCUT2D eigenvalue weighted by atomic mass is 10.2. The molecular weight excluding hydrogens is 244 g/mol. The molecule has 0 atom stereocenters. The van der Waals surface area contributed by atoms with Gasteiger partial charge >= 0.3 is 23.9 Å². The van der Waals surface area contributed by atoms with Crippen molar-refractivity contribution < 1.29 is 28.7 Å². The number of carbonyl (C=O) groups excluding carboxylic acids is 4. The molecule has 0 radical (unpaired) electrons. The van der Waals surface area contributed by atoms with E-state index in [0.717, 1.165) is 0 Å². The van der Waals surface area contributed by atoms with Crippen molar-refractivity contribution in [2.45, 2.75) is 25.7 Å². The van der Waals surface area contributed by atoms with Crippen molar-refractivity contribution >= 4 is 23.9 Å². The Kier molecular flexibility index (Phi) is 8.33. The lowest BCUT2D eigenvalue weighted by molar-refractivity contribution is -0.161. The summed E-state index contributed by atoms with van der Waals surface area (Å²) in [7, 11) is 0. The summed E-state index contributed by atoms with van der Waals surface area (Å²) in [4.78, 5) is 43.2. The fourth-order valence-electron chi connectivity index (χ4n) is 0.978. The molecular formula is C10H16N2O6. The van der Waals surface area contributed by atoms with Crippen molar-refractivity contribution in [3.8, 4) is 0 Å². The predicted molar refractivity (Wildman–Crippen MR) is 58.8 cm³/mol. The zero-order chi connectivity index (χ0) is 14.0. The van der Waals surface area contributed by atoms with Gasteiger partial charge in [0.2, 0.25) is 0 Å². The van der Waals surface area contributed by atoms with E-state index in [-0.39, 0.29) is 25.9 Å². The van der Waals surface area contributed by atoms with E-state index < -0.39 is 23.9 Å². The Morgan fingerprint density at radius 2 is 1.00 bits per heavy atom. The van der Waals surface area contributed by atoms with Crippen molar-refractivity contribution in [1.29, 1.82) is 0 Å². The number of hydrogen-bond acceptors (Lipinski definition) is 8. The van der Waals surface area contributed by atoms with Crippen molar-refractivity contribution in [2.75, 3.05) is 13.1 Å². The Morgan fingerprint density at radius 1 is 0.667 bits per heavy atom. The quantitative estimate of drug-likeness (QED) is 0.324. The Labute approximate surface area is 104 Å². The fraction of sp³-hybridized carbons (Fsp3) is 0.600. The topological polar surface area (TPSA) is 139 Å². The highest BCUT2D eigenvalue weighted by molar-refractivity contribution is 5.87. The first-order chi connectivity index (χ1) is 8.49. The molecule has 0 aliphatic rings. The van der Waals surface area contributed by atoms with E-state index in [1.807, 2.05) is 0 Å². The molecule has 0 saturated carbocycles. The van der Waals surface area contributed by atoms with Crippen LogP contribution in [0, 0.1) is 0 Å². The molecule has 4 N–H and O–H groups in total. The Morgan fingerprint density at radius 3 is 1.28 bits per heavy atom. The van der Waals surface area contributed by atoms with Gasteiger partial charge in [0.15, 0.2) is 0 Å². The molecule has 0 fully saturated rings. The highest BCUT2D eigenvalue weighted by atomic mass is 16.6. The molecule has 8 heteroatoms. The average molecular weight is 260 g/mol. The second kappa shape index (κ2) is 9.25. The van der Waals surface area contributed by atoms with Crippen LogP contribution in [0.25, 0.3) is 0 Å². The zero-order valence-corrected chi connectivity index (χ0v) is 9.85. The molecule has 0 aromatic heterocycles. The highest BCUT2D eigenvalue weighted by Crippen LogP contribution is 2.03. The second-order valence-corrected chi connectivity index (χ2v) is 3.31. The smallest absolute Gasteiger partial charge is 0.327 e. The number of carbonyl (C=O) groups is 4. The standard InChI is InChI=1S/C10H16N2O6/c11-5-9(15)17-7(13)3-1-2-4-8(14)18-10(16)6-12/h1-6,11-12H2. The van der Waals surface area contributed by atoms with Gasteiger partial charge in [0.05, 0.1) is 13.1 Å². The van der Waals surface area contributed by atoms with Gasteiger partial charge in [-0.2, -0.15) is 0 Å². The van der Waals surface area contributed by atoms with Gasteiger partial charge in [0.1, 0.15) is 0 Å². The highest BCUT2D eigenvalue weighted by Gasteiger charge is 2.11. The lowest BCUT2D eigenvalue weighted by Gasteiger charge is -2.02. The summed E-state index contributed by atoms with van der Waals surface area (Å²) in [5.74, 6) is -2.99. The van der Waals surface area contributed by atoms with Crippen LogP contribution in [0.15, 0.2) is 0 Å². The molecule has 18 heavy (non-hydrogen) atoms. The average Bonchev–Trinajstić information content (AvgIpc) is 2.34. The van der Waals surface area contributed by atoms with Crippen molar-refractivity contribution in [1.82, 2.24) is 0 Å². The van der Waals surface area contributed by atoms with Crippen LogP contribution >= 0.6 is 0 Å². The van der Waals surface area contributed by atoms with Crippen LogP contribution in [0.2, 0.25) is 0 Å². The van der Waals surface area contributed by atoms with Gasteiger partial charge in [-0.05, 0) is 12.8 Å². The van der Waals surface area contributed by atoms with Gasteiger partial charge in [-0.25, -0.2) is 0 Å². The third kappa shape index (κ3) is 8.36. The van der Waals surface area contributed by atoms with Crippen molar-refractivity contribution in [3.63, 3.8) is 0 Å². The Hall–Kier alpha value is -1.80. The molecule has 0 unspecified atom stereocenters. The first kappa shape index (κ1) is 16.2. The monoisotopic (exact) mass is 260 g/mol. The molecule has 102 valence electrons. The normalized spacial score (nSPS) is 9.67. The Balaban J connectivity index is 3.61. The van der Waals surface area contributed by atoms with Gasteiger partial charge in [-0.1, -0.05) is 0 Å². The van der Waals surface area contributed by atoms with Crippen LogP contribution in [0.1, 0.15) is 25.7 Å². The second-order valence-electron chi connectivity index (χ2n) is 3.31. The molecule has 0 spiro atoms. The van der Waals surface area contributed by atoms with Crippen molar-refractivity contribution in [3.05, 3.63) is 0 Å². The lowest BCUT2D eigenvalue weighted by Crippen LogP contribution is -2.21. The third-order valence-electron chi connectivity index (χ3n) is 1.80. The van der Waals surface area contributed by atoms with Crippen LogP contribution in [0.4, 0.5) is 0 Å². The molecule has 0 rings (SSSR count). The van der Waals surface area contributed by atoms with Crippen LogP contribution in [0.5, 0.6) is 0 Å². The first-order valence-corrected chi connectivity index (χ1v) is 5.36. The maximum absolute atomic E-state index is 11.0. The van der Waals surface area contributed by atoms with Gasteiger partial charge in [0.25, 0.3) is 0 Å². The molecule has 0 aliphatic carbocycles. The summed E-state index contributed by atoms with van der Waals surface area (Å²) in [6.07, 6.45) is 0.652. The minimum Gasteiger partial charge on any atom is -0.392 e. The number of esters is 4. The van der Waals surface area contributed by atoms with Gasteiger partial charge < -0.3 is 20.9 Å². The van der Waals surface area contributed by atoms with Crippen LogP contribution < -0.4 is 11.5 Å². The molecule has 0 bridgehead atoms. The maximum Gasteiger partial charge on any atom is 0.327 e. The van der Waals surface area contributed by atoms with Gasteiger partial charge in [-0.15, -0.1) is 0 Å². The molecule has 0 aromatic rings. The van der Waals surface area contributed by atoms with E-state index in [1.165, 1.54) is 0 Å². The van der Waals surface area contributed by atoms with Crippen LogP contribution in [-0.4, -0.2) is 37.0 Å². The molecule has 0 saturated heterocycles. The fourth-order valence-corrected chi connectivity index (χ4v) is 0.978. The molecule has 8 nitrogen and oxygen atoms in total. The summed E-state index contributed by atoms with van der Waals surface area (Å²) in [6, 6.07) is 0. The summed E-state index contributed by atoms with van der Waals surface area (Å²) >= 11 is 0. The van der Waals surface area contributed by atoms with E-state index in [9.17, 15) is 19.2 Å². The third-order valence-corrected chi connectivity index (χ3v) is 1.80. The summed E-state index contributed by atoms with van der Waals surface area (Å²) in [6.45, 7) is -0.724. The largest absolute Gasteiger partial charge is 0.392 e.